The van der Waals surface area contributed by atoms with Crippen LogP contribution in [0.5, 0.6) is 5.75 Å². The van der Waals surface area contributed by atoms with E-state index in [0.717, 1.165) is 22.7 Å². The van der Waals surface area contributed by atoms with Gasteiger partial charge < -0.3 is 19.4 Å². The van der Waals surface area contributed by atoms with E-state index in [-0.39, 0.29) is 12.5 Å². The molecule has 0 saturated heterocycles. The van der Waals surface area contributed by atoms with E-state index in [1.165, 1.54) is 0 Å². The van der Waals surface area contributed by atoms with Gasteiger partial charge in [0.15, 0.2) is 24.0 Å². The predicted octanol–water partition coefficient (Wildman–Crippen LogP) is 4.58. The number of ether oxygens (including phenoxy) is 1. The van der Waals surface area contributed by atoms with Crippen molar-refractivity contribution in [3.8, 4) is 23.2 Å². The zero-order valence-electron chi connectivity index (χ0n) is 20.3. The van der Waals surface area contributed by atoms with Gasteiger partial charge >= 0.3 is 0 Å². The van der Waals surface area contributed by atoms with Crippen LogP contribution >= 0.6 is 11.6 Å². The van der Waals surface area contributed by atoms with E-state index in [9.17, 15) is 4.79 Å². The van der Waals surface area contributed by atoms with Crippen LogP contribution in [0.3, 0.4) is 0 Å². The number of carbonyl (C=O) groups excluding carboxylic acids is 1. The molecule has 4 aromatic rings. The maximum atomic E-state index is 12.7. The lowest BCUT2D eigenvalue weighted by atomic mass is 10.2. The number of benzene rings is 1. The quantitative estimate of drug-likeness (QED) is 0.382. The highest BCUT2D eigenvalue weighted by atomic mass is 35.5. The molecule has 3 aromatic heterocycles. The molecule has 0 saturated carbocycles. The summed E-state index contributed by atoms with van der Waals surface area (Å²) >= 11 is 6.34. The molecule has 0 fully saturated rings. The minimum Gasteiger partial charge on any atom is -0.484 e. The van der Waals surface area contributed by atoms with Crippen molar-refractivity contribution in [1.29, 1.82) is 0 Å². The molecule has 0 aliphatic carbocycles. The highest BCUT2D eigenvalue weighted by Gasteiger charge is 2.15. The van der Waals surface area contributed by atoms with Crippen LogP contribution < -0.4 is 10.1 Å². The monoisotopic (exact) mass is 494 g/mol. The molecule has 0 unspecified atom stereocenters. The summed E-state index contributed by atoms with van der Waals surface area (Å²) in [5.41, 5.74) is 2.73. The Morgan fingerprint density at radius 3 is 2.54 bits per heavy atom. The average molecular weight is 495 g/mol. The van der Waals surface area contributed by atoms with Crippen molar-refractivity contribution in [3.05, 3.63) is 70.2 Å². The van der Waals surface area contributed by atoms with Crippen LogP contribution in [0.4, 0.5) is 5.82 Å². The van der Waals surface area contributed by atoms with E-state index in [4.69, 9.17) is 20.8 Å². The average Bonchev–Trinajstić information content (AvgIpc) is 3.38. The van der Waals surface area contributed by atoms with Crippen LogP contribution in [-0.2, 0) is 11.3 Å². The molecule has 1 amide bonds. The molecular formula is C25H27ClN6O3. The molecular weight excluding hydrogens is 468 g/mol. The summed E-state index contributed by atoms with van der Waals surface area (Å²) in [7, 11) is 3.94. The molecule has 0 aliphatic rings. The van der Waals surface area contributed by atoms with Crippen LogP contribution in [0.15, 0.2) is 46.9 Å². The molecule has 0 radical (unpaired) electrons. The zero-order chi connectivity index (χ0) is 25.1. The summed E-state index contributed by atoms with van der Waals surface area (Å²) in [5.74, 6) is 2.50. The van der Waals surface area contributed by atoms with Crippen LogP contribution in [-0.4, -0.2) is 51.3 Å². The summed E-state index contributed by atoms with van der Waals surface area (Å²) in [4.78, 5) is 23.8. The minimum absolute atomic E-state index is 0.211. The first-order valence-electron chi connectivity index (χ1n) is 11.0. The molecule has 3 heterocycles. The van der Waals surface area contributed by atoms with Crippen molar-refractivity contribution >= 4 is 23.3 Å². The number of anilines is 1. The number of aryl methyl sites for hydroxylation is 3. The first-order chi connectivity index (χ1) is 16.7. The predicted molar refractivity (Wildman–Crippen MR) is 134 cm³/mol. The number of rotatable bonds is 8. The maximum Gasteiger partial charge on any atom is 0.263 e. The van der Waals surface area contributed by atoms with Crippen LogP contribution in [0.2, 0.25) is 5.02 Å². The van der Waals surface area contributed by atoms with Crippen LogP contribution in [0, 0.1) is 20.8 Å². The Morgan fingerprint density at radius 1 is 1.11 bits per heavy atom. The van der Waals surface area contributed by atoms with Gasteiger partial charge in [-0.2, -0.15) is 5.10 Å². The molecule has 4 rings (SSSR count). The zero-order valence-corrected chi connectivity index (χ0v) is 21.1. The second-order valence-corrected chi connectivity index (χ2v) is 8.92. The number of hydrogen-bond donors (Lipinski definition) is 1. The van der Waals surface area contributed by atoms with Gasteiger partial charge in [-0.25, -0.2) is 14.6 Å². The molecule has 9 nitrogen and oxygen atoms in total. The van der Waals surface area contributed by atoms with E-state index in [0.29, 0.717) is 40.5 Å². The Hall–Kier alpha value is -3.69. The van der Waals surface area contributed by atoms with Crippen molar-refractivity contribution in [1.82, 2.24) is 24.6 Å². The van der Waals surface area contributed by atoms with Crippen LogP contribution in [0.1, 0.15) is 22.7 Å². The van der Waals surface area contributed by atoms with Gasteiger partial charge in [0.05, 0.1) is 5.69 Å². The van der Waals surface area contributed by atoms with E-state index in [2.05, 4.69) is 20.4 Å². The van der Waals surface area contributed by atoms with Crippen molar-refractivity contribution in [2.24, 2.45) is 0 Å². The molecule has 1 aromatic carbocycles. The fourth-order valence-electron chi connectivity index (χ4n) is 3.55. The van der Waals surface area contributed by atoms with Gasteiger partial charge in [-0.3, -0.25) is 4.79 Å². The number of nitrogens with zero attached hydrogens (tertiary/aromatic N) is 5. The largest absolute Gasteiger partial charge is 0.484 e. The Balaban J connectivity index is 1.53. The first-order valence-corrected chi connectivity index (χ1v) is 11.4. The normalized spacial score (nSPS) is 11.2. The number of aromatic nitrogens is 4. The molecule has 0 spiro atoms. The molecule has 35 heavy (non-hydrogen) atoms. The van der Waals surface area contributed by atoms with Gasteiger partial charge in [-0.1, -0.05) is 17.7 Å². The SMILES string of the molecule is Cc1cc(C)n(-c2cc(NC(=O)COc3ccc(CN(C)C)c(Cl)c3)nc(-c3ccc(C)o3)n2)n1. The number of nitrogens with one attached hydrogen (secondary N) is 1. The number of halogens is 1. The third kappa shape index (κ3) is 6.06. The Labute approximate surface area is 208 Å². The molecule has 0 bridgehead atoms. The lowest BCUT2D eigenvalue weighted by Crippen LogP contribution is -2.21. The number of furan rings is 1. The van der Waals surface area contributed by atoms with E-state index < -0.39 is 0 Å². The maximum absolute atomic E-state index is 12.7. The van der Waals surface area contributed by atoms with Gasteiger partial charge in [0.1, 0.15) is 17.3 Å². The fraction of sp³-hybridized carbons (Fsp3) is 0.280. The summed E-state index contributed by atoms with van der Waals surface area (Å²) < 4.78 is 13.0. The lowest BCUT2D eigenvalue weighted by Gasteiger charge is -2.13. The van der Waals surface area contributed by atoms with Gasteiger partial charge in [0.2, 0.25) is 0 Å². The fourth-order valence-corrected chi connectivity index (χ4v) is 3.78. The van der Waals surface area contributed by atoms with Crippen LogP contribution in [0.25, 0.3) is 17.4 Å². The second kappa shape index (κ2) is 10.3. The third-order valence-electron chi connectivity index (χ3n) is 5.05. The summed E-state index contributed by atoms with van der Waals surface area (Å²) in [6.45, 7) is 6.18. The van der Waals surface area contributed by atoms with Crippen molar-refractivity contribution in [2.75, 3.05) is 26.0 Å². The Kier molecular flexibility index (Phi) is 7.18. The number of amides is 1. The van der Waals surface area contributed by atoms with Crippen molar-refractivity contribution in [3.63, 3.8) is 0 Å². The second-order valence-electron chi connectivity index (χ2n) is 8.51. The third-order valence-corrected chi connectivity index (χ3v) is 5.40. The van der Waals surface area contributed by atoms with Gasteiger partial charge in [0.25, 0.3) is 5.91 Å². The van der Waals surface area contributed by atoms with E-state index in [1.54, 1.807) is 28.9 Å². The molecule has 182 valence electrons. The summed E-state index contributed by atoms with van der Waals surface area (Å²) in [6.07, 6.45) is 0. The number of carbonyl (C=O) groups is 1. The standard InChI is InChI=1S/C25H27ClN6O3/c1-15-10-16(2)32(30-15)23-12-22(28-25(29-23)21-9-6-17(3)35-21)27-24(33)14-34-19-8-7-18(13-31(4)5)20(26)11-19/h6-12H,13-14H2,1-5H3,(H,27,28,29,33). The van der Waals surface area contributed by atoms with Crippen molar-refractivity contribution in [2.45, 2.75) is 27.3 Å². The smallest absolute Gasteiger partial charge is 0.263 e. The summed E-state index contributed by atoms with van der Waals surface area (Å²) in [6, 6.07) is 12.6. The van der Waals surface area contributed by atoms with Crippen molar-refractivity contribution < 1.29 is 13.9 Å². The molecule has 10 heteroatoms. The van der Waals surface area contributed by atoms with Gasteiger partial charge in [0, 0.05) is 23.3 Å². The topological polar surface area (TPSA) is 98.3 Å². The summed E-state index contributed by atoms with van der Waals surface area (Å²) in [5, 5.41) is 7.86. The molecule has 1 N–H and O–H groups in total. The van der Waals surface area contributed by atoms with E-state index in [1.807, 2.05) is 58.0 Å². The van der Waals surface area contributed by atoms with Gasteiger partial charge in [-0.05, 0) is 70.8 Å². The highest BCUT2D eigenvalue weighted by molar-refractivity contribution is 6.31. The molecule has 0 atom stereocenters. The highest BCUT2D eigenvalue weighted by Crippen LogP contribution is 2.24. The van der Waals surface area contributed by atoms with E-state index >= 15 is 0 Å². The lowest BCUT2D eigenvalue weighted by molar-refractivity contribution is -0.118. The Morgan fingerprint density at radius 2 is 1.91 bits per heavy atom. The number of hydrogen-bond acceptors (Lipinski definition) is 7. The van der Waals surface area contributed by atoms with Gasteiger partial charge in [-0.15, -0.1) is 0 Å². The minimum atomic E-state index is -0.377. The Bertz CT molecular complexity index is 1360. The molecule has 0 aliphatic heterocycles. The first kappa shape index (κ1) is 24.4.